The molecule has 1 saturated heterocycles. The number of carbonyl (C=O) groups is 1. The minimum absolute atomic E-state index is 0. The molecule has 1 heterocycles. The van der Waals surface area contributed by atoms with E-state index in [0.29, 0.717) is 12.3 Å². The highest BCUT2D eigenvalue weighted by molar-refractivity contribution is 5.85. The van der Waals surface area contributed by atoms with Gasteiger partial charge in [-0.25, -0.2) is 0 Å². The number of amides is 1. The highest BCUT2D eigenvalue weighted by Gasteiger charge is 2.19. The molecule has 0 aromatic heterocycles. The van der Waals surface area contributed by atoms with Crippen LogP contribution in [0.2, 0.25) is 0 Å². The van der Waals surface area contributed by atoms with Crippen LogP contribution in [-0.4, -0.2) is 26.1 Å². The summed E-state index contributed by atoms with van der Waals surface area (Å²) in [4.78, 5) is 12.1. The molecule has 1 aromatic rings. The molecule has 4 nitrogen and oxygen atoms in total. The monoisotopic (exact) mass is 312 g/mol. The molecule has 1 aliphatic heterocycles. The molecule has 0 aliphatic carbocycles. The normalized spacial score (nSPS) is 16.7. The van der Waals surface area contributed by atoms with E-state index in [-0.39, 0.29) is 24.4 Å². The molecular weight excluding hydrogens is 288 g/mol. The molecule has 0 spiro atoms. The molecule has 2 rings (SSSR count). The number of rotatable bonds is 5. The van der Waals surface area contributed by atoms with Gasteiger partial charge < -0.3 is 15.4 Å². The summed E-state index contributed by atoms with van der Waals surface area (Å²) < 4.78 is 5.34. The third kappa shape index (κ3) is 5.21. The fourth-order valence-electron chi connectivity index (χ4n) is 2.75. The van der Waals surface area contributed by atoms with Gasteiger partial charge in [-0.15, -0.1) is 12.4 Å². The number of hydrogen-bond acceptors (Lipinski definition) is 3. The lowest BCUT2D eigenvalue weighted by Crippen LogP contribution is -2.33. The first kappa shape index (κ1) is 17.8. The van der Waals surface area contributed by atoms with Crippen molar-refractivity contribution in [1.82, 2.24) is 10.6 Å². The Morgan fingerprint density at radius 1 is 1.38 bits per heavy atom. The molecular formula is C16H25ClN2O2. The molecule has 118 valence electrons. The van der Waals surface area contributed by atoms with Crippen molar-refractivity contribution in [2.45, 2.75) is 32.2 Å². The fraction of sp³-hybridized carbons (Fsp3) is 0.562. The first-order valence-corrected chi connectivity index (χ1v) is 7.33. The fourth-order valence-corrected chi connectivity index (χ4v) is 2.75. The number of hydrogen-bond donors (Lipinski definition) is 2. The standard InChI is InChI=1S/C16H24N2O2.ClH/c1-12(14-5-3-4-6-15(14)20-2)18-16(19)11-13-7-9-17-10-8-13;/h3-6,12-13,17H,7-11H2,1-2H3,(H,18,19);1H. The highest BCUT2D eigenvalue weighted by atomic mass is 35.5. The molecule has 2 N–H and O–H groups in total. The zero-order chi connectivity index (χ0) is 14.4. The lowest BCUT2D eigenvalue weighted by molar-refractivity contribution is -0.122. The second-order valence-corrected chi connectivity index (χ2v) is 5.43. The Morgan fingerprint density at radius 3 is 2.71 bits per heavy atom. The van der Waals surface area contributed by atoms with E-state index in [9.17, 15) is 4.79 Å². The molecule has 21 heavy (non-hydrogen) atoms. The third-order valence-corrected chi connectivity index (χ3v) is 3.92. The Labute approximate surface area is 133 Å². The van der Waals surface area contributed by atoms with Crippen LogP contribution in [-0.2, 0) is 4.79 Å². The average molecular weight is 313 g/mol. The van der Waals surface area contributed by atoms with Crippen molar-refractivity contribution in [2.24, 2.45) is 5.92 Å². The minimum atomic E-state index is -0.0274. The van der Waals surface area contributed by atoms with Crippen LogP contribution >= 0.6 is 12.4 Å². The van der Waals surface area contributed by atoms with Gasteiger partial charge in [-0.05, 0) is 44.8 Å². The summed E-state index contributed by atoms with van der Waals surface area (Å²) in [7, 11) is 1.66. The van der Waals surface area contributed by atoms with Gasteiger partial charge in [0.15, 0.2) is 0 Å². The van der Waals surface area contributed by atoms with Crippen molar-refractivity contribution >= 4 is 18.3 Å². The summed E-state index contributed by atoms with van der Waals surface area (Å²) in [6.07, 6.45) is 2.81. The Kier molecular flexibility index (Phi) is 7.54. The predicted molar refractivity (Wildman–Crippen MR) is 87.0 cm³/mol. The van der Waals surface area contributed by atoms with Crippen molar-refractivity contribution in [3.8, 4) is 5.75 Å². The molecule has 1 aromatic carbocycles. The topological polar surface area (TPSA) is 50.4 Å². The van der Waals surface area contributed by atoms with E-state index in [4.69, 9.17) is 4.74 Å². The smallest absolute Gasteiger partial charge is 0.220 e. The number of carbonyl (C=O) groups excluding carboxylic acids is 1. The van der Waals surface area contributed by atoms with Crippen LogP contribution in [0.25, 0.3) is 0 Å². The maximum Gasteiger partial charge on any atom is 0.220 e. The van der Waals surface area contributed by atoms with E-state index in [0.717, 1.165) is 37.2 Å². The number of methoxy groups -OCH3 is 1. The first-order chi connectivity index (χ1) is 9.70. The number of nitrogens with one attached hydrogen (secondary N) is 2. The second-order valence-electron chi connectivity index (χ2n) is 5.43. The summed E-state index contributed by atoms with van der Waals surface area (Å²) >= 11 is 0. The van der Waals surface area contributed by atoms with Crippen molar-refractivity contribution in [2.75, 3.05) is 20.2 Å². The Morgan fingerprint density at radius 2 is 2.05 bits per heavy atom. The number of para-hydroxylation sites is 1. The quantitative estimate of drug-likeness (QED) is 0.879. The van der Waals surface area contributed by atoms with E-state index >= 15 is 0 Å². The van der Waals surface area contributed by atoms with Crippen LogP contribution in [0.1, 0.15) is 37.8 Å². The van der Waals surface area contributed by atoms with E-state index < -0.39 is 0 Å². The molecule has 1 aliphatic rings. The number of ether oxygens (including phenoxy) is 1. The lowest BCUT2D eigenvalue weighted by atomic mass is 9.94. The van der Waals surface area contributed by atoms with Crippen LogP contribution in [0.5, 0.6) is 5.75 Å². The zero-order valence-corrected chi connectivity index (χ0v) is 13.5. The van der Waals surface area contributed by atoms with Crippen molar-refractivity contribution < 1.29 is 9.53 Å². The largest absolute Gasteiger partial charge is 0.496 e. The number of benzene rings is 1. The molecule has 1 amide bonds. The highest BCUT2D eigenvalue weighted by Crippen LogP contribution is 2.25. The van der Waals surface area contributed by atoms with Gasteiger partial charge in [0.05, 0.1) is 13.2 Å². The summed E-state index contributed by atoms with van der Waals surface area (Å²) in [5.41, 5.74) is 1.02. The summed E-state index contributed by atoms with van der Waals surface area (Å²) in [5, 5.41) is 6.40. The molecule has 0 bridgehead atoms. The van der Waals surface area contributed by atoms with E-state index in [1.54, 1.807) is 7.11 Å². The van der Waals surface area contributed by atoms with Crippen LogP contribution < -0.4 is 15.4 Å². The lowest BCUT2D eigenvalue weighted by Gasteiger charge is -2.23. The van der Waals surface area contributed by atoms with Crippen LogP contribution in [0.4, 0.5) is 0 Å². The molecule has 1 atom stereocenters. The third-order valence-electron chi connectivity index (χ3n) is 3.92. The van der Waals surface area contributed by atoms with Crippen LogP contribution in [0, 0.1) is 5.92 Å². The minimum Gasteiger partial charge on any atom is -0.496 e. The van der Waals surface area contributed by atoms with Crippen LogP contribution in [0.3, 0.4) is 0 Å². The van der Waals surface area contributed by atoms with E-state index in [2.05, 4.69) is 10.6 Å². The van der Waals surface area contributed by atoms with Gasteiger partial charge in [0.1, 0.15) is 5.75 Å². The van der Waals surface area contributed by atoms with Gasteiger partial charge in [-0.1, -0.05) is 18.2 Å². The van der Waals surface area contributed by atoms with Gasteiger partial charge in [0.25, 0.3) is 0 Å². The van der Waals surface area contributed by atoms with Crippen molar-refractivity contribution in [3.05, 3.63) is 29.8 Å². The number of halogens is 1. The molecule has 1 unspecified atom stereocenters. The van der Waals surface area contributed by atoms with Gasteiger partial charge in [-0.3, -0.25) is 4.79 Å². The Hall–Kier alpha value is -1.26. The molecule has 0 saturated carbocycles. The van der Waals surface area contributed by atoms with E-state index in [1.165, 1.54) is 0 Å². The number of piperidine rings is 1. The van der Waals surface area contributed by atoms with Gasteiger partial charge >= 0.3 is 0 Å². The zero-order valence-electron chi connectivity index (χ0n) is 12.7. The summed E-state index contributed by atoms with van der Waals surface area (Å²) in [5.74, 6) is 1.47. The maximum absolute atomic E-state index is 12.1. The molecule has 0 radical (unpaired) electrons. The predicted octanol–water partition coefficient (Wildman–Crippen LogP) is 2.68. The van der Waals surface area contributed by atoms with Crippen molar-refractivity contribution in [3.63, 3.8) is 0 Å². The second kappa shape index (κ2) is 8.90. The van der Waals surface area contributed by atoms with Gasteiger partial charge in [0, 0.05) is 12.0 Å². The Balaban J connectivity index is 0.00000220. The molecule has 5 heteroatoms. The van der Waals surface area contributed by atoms with E-state index in [1.807, 2.05) is 31.2 Å². The summed E-state index contributed by atoms with van der Waals surface area (Å²) in [6.45, 7) is 4.05. The van der Waals surface area contributed by atoms with Crippen molar-refractivity contribution in [1.29, 1.82) is 0 Å². The Bertz CT molecular complexity index is 448. The van der Waals surface area contributed by atoms with Gasteiger partial charge in [0.2, 0.25) is 5.91 Å². The van der Waals surface area contributed by atoms with Gasteiger partial charge in [-0.2, -0.15) is 0 Å². The summed E-state index contributed by atoms with van der Waals surface area (Å²) in [6, 6.07) is 7.79. The SMILES string of the molecule is COc1ccccc1C(C)NC(=O)CC1CCNCC1.Cl. The van der Waals surface area contributed by atoms with Crippen LogP contribution in [0.15, 0.2) is 24.3 Å². The maximum atomic E-state index is 12.1. The molecule has 1 fully saturated rings. The average Bonchev–Trinajstić information content (AvgIpc) is 2.48. The first-order valence-electron chi connectivity index (χ1n) is 7.33.